The lowest BCUT2D eigenvalue weighted by atomic mass is 9.89. The monoisotopic (exact) mass is 471 g/mol. The fourth-order valence-electron chi connectivity index (χ4n) is 4.58. The fourth-order valence-corrected chi connectivity index (χ4v) is 4.58. The van der Waals surface area contributed by atoms with Gasteiger partial charge in [0, 0.05) is 31.0 Å². The van der Waals surface area contributed by atoms with Gasteiger partial charge in [0.25, 0.3) is 11.9 Å². The van der Waals surface area contributed by atoms with Crippen molar-refractivity contribution in [2.45, 2.75) is 46.6 Å². The van der Waals surface area contributed by atoms with Crippen LogP contribution < -0.4 is 5.32 Å². The lowest BCUT2D eigenvalue weighted by Gasteiger charge is -2.40. The molecule has 2 aromatic heterocycles. The minimum atomic E-state index is 0.0112. The second-order valence-corrected chi connectivity index (χ2v) is 8.67. The van der Waals surface area contributed by atoms with Crippen LogP contribution in [0.15, 0.2) is 65.3 Å². The van der Waals surface area contributed by atoms with Crippen molar-refractivity contribution in [2.75, 3.05) is 18.4 Å². The highest BCUT2D eigenvalue weighted by molar-refractivity contribution is 6.00. The average molecular weight is 472 g/mol. The molecule has 1 aliphatic heterocycles. The van der Waals surface area contributed by atoms with E-state index in [-0.39, 0.29) is 11.9 Å². The van der Waals surface area contributed by atoms with Crippen molar-refractivity contribution < 1.29 is 9.21 Å². The highest BCUT2D eigenvalue weighted by Crippen LogP contribution is 2.29. The summed E-state index contributed by atoms with van der Waals surface area (Å²) in [5, 5.41) is 3.33. The Hall–Kier alpha value is -3.74. The molecule has 0 saturated carbocycles. The normalized spacial score (nSPS) is 17.5. The van der Waals surface area contributed by atoms with E-state index in [4.69, 9.17) is 4.42 Å². The lowest BCUT2D eigenvalue weighted by Crippen LogP contribution is -2.51. The molecule has 3 heterocycles. The van der Waals surface area contributed by atoms with Gasteiger partial charge in [0.1, 0.15) is 5.52 Å². The van der Waals surface area contributed by atoms with Crippen LogP contribution in [0.4, 0.5) is 6.01 Å². The number of anilines is 1. The number of nitrogens with one attached hydrogen (secondary N) is 1. The van der Waals surface area contributed by atoms with Crippen molar-refractivity contribution >= 4 is 23.0 Å². The number of benzene rings is 2. The Morgan fingerprint density at radius 2 is 1.89 bits per heavy atom. The van der Waals surface area contributed by atoms with Crippen molar-refractivity contribution in [3.8, 4) is 11.4 Å². The number of carbonyl (C=O) groups excluding carboxylic acids is 1. The summed E-state index contributed by atoms with van der Waals surface area (Å²) >= 11 is 0. The maximum atomic E-state index is 13.9. The molecule has 1 saturated heterocycles. The molecule has 5 rings (SSSR count). The third-order valence-electron chi connectivity index (χ3n) is 6.34. The maximum Gasteiger partial charge on any atom is 0.295 e. The summed E-state index contributed by atoms with van der Waals surface area (Å²) in [5.74, 6) is 0.921. The summed E-state index contributed by atoms with van der Waals surface area (Å²) in [5.41, 5.74) is 4.00. The van der Waals surface area contributed by atoms with Gasteiger partial charge in [-0.3, -0.25) is 4.79 Å². The van der Waals surface area contributed by atoms with E-state index in [1.165, 1.54) is 0 Å². The number of aromatic nitrogens is 3. The Morgan fingerprint density at radius 3 is 2.66 bits per heavy atom. The molecule has 35 heavy (non-hydrogen) atoms. The molecule has 4 aromatic rings. The van der Waals surface area contributed by atoms with Crippen molar-refractivity contribution in [1.82, 2.24) is 19.9 Å². The van der Waals surface area contributed by atoms with Crippen LogP contribution in [0, 0.1) is 12.8 Å². The molecule has 182 valence electrons. The smallest absolute Gasteiger partial charge is 0.295 e. The molecule has 2 aromatic carbocycles. The van der Waals surface area contributed by atoms with Crippen molar-refractivity contribution in [3.05, 3.63) is 72.1 Å². The number of hydrogen-bond donors (Lipinski definition) is 1. The van der Waals surface area contributed by atoms with Crippen LogP contribution in [0.5, 0.6) is 0 Å². The van der Waals surface area contributed by atoms with Crippen LogP contribution in [0.3, 0.4) is 0 Å². The topological polar surface area (TPSA) is 84.2 Å². The molecular formula is C28H33N5O2. The number of hydrogen-bond acceptors (Lipinski definition) is 6. The molecule has 0 radical (unpaired) electrons. The minimum Gasteiger partial charge on any atom is -0.424 e. The molecule has 7 nitrogen and oxygen atoms in total. The first-order valence-electron chi connectivity index (χ1n) is 12.4. The van der Waals surface area contributed by atoms with Gasteiger partial charge < -0.3 is 14.6 Å². The predicted molar refractivity (Wildman–Crippen MR) is 139 cm³/mol. The molecule has 1 aliphatic rings. The van der Waals surface area contributed by atoms with Crippen molar-refractivity contribution in [3.63, 3.8) is 0 Å². The number of carbonyl (C=O) groups is 1. The fraction of sp³-hybridized carbons (Fsp3) is 0.357. The Bertz CT molecular complexity index is 1240. The van der Waals surface area contributed by atoms with Crippen LogP contribution >= 0.6 is 0 Å². The third-order valence-corrected chi connectivity index (χ3v) is 6.34. The summed E-state index contributed by atoms with van der Waals surface area (Å²) < 4.78 is 5.83. The largest absolute Gasteiger partial charge is 0.424 e. The Labute approximate surface area is 206 Å². The Morgan fingerprint density at radius 1 is 1.11 bits per heavy atom. The zero-order valence-corrected chi connectivity index (χ0v) is 20.9. The number of oxazole rings is 1. The van der Waals surface area contributed by atoms with Gasteiger partial charge >= 0.3 is 0 Å². The second kappa shape index (κ2) is 11.1. The molecule has 1 N–H and O–H groups in total. The summed E-state index contributed by atoms with van der Waals surface area (Å²) in [6.45, 7) is 9.49. The summed E-state index contributed by atoms with van der Waals surface area (Å²) in [7, 11) is 0. The summed E-state index contributed by atoms with van der Waals surface area (Å²) in [6, 6.07) is 15.8. The second-order valence-electron chi connectivity index (χ2n) is 8.67. The van der Waals surface area contributed by atoms with E-state index in [9.17, 15) is 4.79 Å². The van der Waals surface area contributed by atoms with Crippen LogP contribution in [-0.2, 0) is 0 Å². The van der Waals surface area contributed by atoms with E-state index in [1.54, 1.807) is 18.5 Å². The number of likely N-dealkylation sites (tertiary alicyclic amines) is 1. The quantitative estimate of drug-likeness (QED) is 0.386. The standard InChI is InChI=1S/C26H27N5O2.C2H6/c1-17-10-11-19(24-27-12-6-13-28-24)20(15-17)25(32)31-14-5-7-18(2)22(31)16-29-26-30-21-8-3-4-9-23(21)33-26;1-2/h3-4,6,8-13,15,18,22H,5,7,14,16H2,1-2H3,(H,29,30);1-2H3/t18-,22-;/m1./s1. The van der Waals surface area contributed by atoms with Crippen LogP contribution in [0.1, 0.15) is 49.5 Å². The highest BCUT2D eigenvalue weighted by Gasteiger charge is 2.33. The van der Waals surface area contributed by atoms with E-state index in [2.05, 4.69) is 27.2 Å². The number of amides is 1. The van der Waals surface area contributed by atoms with Crippen LogP contribution in [0.25, 0.3) is 22.5 Å². The minimum absolute atomic E-state index is 0.0112. The van der Waals surface area contributed by atoms with Gasteiger partial charge in [-0.1, -0.05) is 50.6 Å². The van der Waals surface area contributed by atoms with Gasteiger partial charge in [0.2, 0.25) is 0 Å². The van der Waals surface area contributed by atoms with Gasteiger partial charge in [-0.25, -0.2) is 9.97 Å². The van der Waals surface area contributed by atoms with Crippen LogP contribution in [-0.4, -0.2) is 44.9 Å². The molecule has 7 heteroatoms. The molecule has 2 atom stereocenters. The molecular weight excluding hydrogens is 438 g/mol. The lowest BCUT2D eigenvalue weighted by molar-refractivity contribution is 0.0540. The molecule has 0 bridgehead atoms. The zero-order chi connectivity index (χ0) is 24.8. The Kier molecular flexibility index (Phi) is 7.75. The van der Waals surface area contributed by atoms with Gasteiger partial charge in [-0.2, -0.15) is 4.98 Å². The Balaban J connectivity index is 0.00000141. The van der Waals surface area contributed by atoms with Crippen molar-refractivity contribution in [1.29, 1.82) is 0 Å². The average Bonchev–Trinajstić information content (AvgIpc) is 3.32. The number of piperidine rings is 1. The van der Waals surface area contributed by atoms with Gasteiger partial charge in [0.05, 0.1) is 11.6 Å². The SMILES string of the molecule is CC.Cc1ccc(-c2ncccn2)c(C(=O)N2CCC[C@@H](C)[C@H]2CNc2nc3ccccc3o2)c1. The first-order chi connectivity index (χ1) is 17.1. The predicted octanol–water partition coefficient (Wildman–Crippen LogP) is 5.97. The molecule has 1 amide bonds. The van der Waals surface area contributed by atoms with Crippen LogP contribution in [0.2, 0.25) is 0 Å². The summed E-state index contributed by atoms with van der Waals surface area (Å²) in [4.78, 5) is 29.1. The van der Waals surface area contributed by atoms with E-state index < -0.39 is 0 Å². The number of rotatable bonds is 5. The number of aryl methyl sites for hydroxylation is 1. The zero-order valence-electron chi connectivity index (χ0n) is 20.9. The van der Waals surface area contributed by atoms with E-state index in [0.29, 0.717) is 36.4 Å². The van der Waals surface area contributed by atoms with Gasteiger partial charge in [-0.05, 0) is 49.9 Å². The maximum absolute atomic E-state index is 13.9. The van der Waals surface area contributed by atoms with Gasteiger partial charge in [0.15, 0.2) is 11.4 Å². The summed E-state index contributed by atoms with van der Waals surface area (Å²) in [6.07, 6.45) is 5.46. The first kappa shape index (κ1) is 24.4. The molecule has 0 aliphatic carbocycles. The van der Waals surface area contributed by atoms with E-state index in [1.807, 2.05) is 68.1 Å². The van der Waals surface area contributed by atoms with E-state index >= 15 is 0 Å². The number of para-hydroxylation sites is 2. The third kappa shape index (κ3) is 5.34. The first-order valence-corrected chi connectivity index (χ1v) is 12.4. The molecule has 1 fully saturated rings. The van der Waals surface area contributed by atoms with Gasteiger partial charge in [-0.15, -0.1) is 0 Å². The molecule has 0 spiro atoms. The number of nitrogens with zero attached hydrogens (tertiary/aromatic N) is 4. The number of fused-ring (bicyclic) bond motifs is 1. The van der Waals surface area contributed by atoms with Crippen molar-refractivity contribution in [2.24, 2.45) is 5.92 Å². The highest BCUT2D eigenvalue weighted by atomic mass is 16.4. The van der Waals surface area contributed by atoms with E-state index in [0.717, 1.165) is 35.1 Å². The molecule has 0 unspecified atom stereocenters.